The van der Waals surface area contributed by atoms with Crippen molar-refractivity contribution in [2.75, 3.05) is 13.2 Å². The van der Waals surface area contributed by atoms with Crippen molar-refractivity contribution in [1.82, 2.24) is 5.32 Å². The van der Waals surface area contributed by atoms with E-state index in [1.165, 1.54) is 0 Å². The molecular formula is C13H18F3NO2. The standard InChI is InChI=1S/C13H18F3NO2/c1-3-17-9(2)10-4-6-11(7-5-10)19-8-12(18)13(14,15)16/h4-7,9,12,17-18H,3,8H2,1-2H3. The molecule has 0 saturated heterocycles. The van der Waals surface area contributed by atoms with Gasteiger partial charge < -0.3 is 15.2 Å². The third kappa shape index (κ3) is 5.08. The first-order valence-corrected chi connectivity index (χ1v) is 6.05. The van der Waals surface area contributed by atoms with Gasteiger partial charge in [0.15, 0.2) is 6.10 Å². The summed E-state index contributed by atoms with van der Waals surface area (Å²) in [6.07, 6.45) is -7.12. The minimum atomic E-state index is -4.65. The van der Waals surface area contributed by atoms with E-state index in [0.29, 0.717) is 5.75 Å². The van der Waals surface area contributed by atoms with Crippen LogP contribution < -0.4 is 10.1 Å². The number of alkyl halides is 3. The van der Waals surface area contributed by atoms with Gasteiger partial charge in [-0.15, -0.1) is 0 Å². The van der Waals surface area contributed by atoms with Crippen molar-refractivity contribution in [2.24, 2.45) is 0 Å². The van der Waals surface area contributed by atoms with Crippen molar-refractivity contribution in [3.8, 4) is 5.75 Å². The van der Waals surface area contributed by atoms with Gasteiger partial charge in [0.25, 0.3) is 0 Å². The monoisotopic (exact) mass is 277 g/mol. The molecule has 2 N–H and O–H groups in total. The number of halogens is 3. The van der Waals surface area contributed by atoms with Gasteiger partial charge in [0.2, 0.25) is 0 Å². The molecule has 0 radical (unpaired) electrons. The Morgan fingerprint density at radius 2 is 1.84 bits per heavy atom. The van der Waals surface area contributed by atoms with Gasteiger partial charge in [-0.3, -0.25) is 0 Å². The first-order chi connectivity index (χ1) is 8.84. The molecule has 2 atom stereocenters. The van der Waals surface area contributed by atoms with Crippen LogP contribution in [0.1, 0.15) is 25.5 Å². The largest absolute Gasteiger partial charge is 0.491 e. The van der Waals surface area contributed by atoms with Crippen molar-refractivity contribution in [3.05, 3.63) is 29.8 Å². The number of aliphatic hydroxyl groups is 1. The van der Waals surface area contributed by atoms with Crippen LogP contribution in [-0.2, 0) is 0 Å². The van der Waals surface area contributed by atoms with Crippen LogP contribution >= 0.6 is 0 Å². The fourth-order valence-corrected chi connectivity index (χ4v) is 1.55. The highest BCUT2D eigenvalue weighted by Crippen LogP contribution is 2.22. The predicted molar refractivity (Wildman–Crippen MR) is 66.1 cm³/mol. The second-order valence-corrected chi connectivity index (χ2v) is 4.22. The molecule has 1 rings (SSSR count). The summed E-state index contributed by atoms with van der Waals surface area (Å²) in [4.78, 5) is 0. The first kappa shape index (κ1) is 15.8. The van der Waals surface area contributed by atoms with Gasteiger partial charge in [-0.2, -0.15) is 13.2 Å². The molecule has 0 fully saturated rings. The van der Waals surface area contributed by atoms with E-state index in [4.69, 9.17) is 9.84 Å². The summed E-state index contributed by atoms with van der Waals surface area (Å²) in [5, 5.41) is 12.0. The summed E-state index contributed by atoms with van der Waals surface area (Å²) in [7, 11) is 0. The Morgan fingerprint density at radius 1 is 1.26 bits per heavy atom. The van der Waals surface area contributed by atoms with Gasteiger partial charge in [0, 0.05) is 6.04 Å². The van der Waals surface area contributed by atoms with Crippen LogP contribution in [0.25, 0.3) is 0 Å². The minimum absolute atomic E-state index is 0.166. The Morgan fingerprint density at radius 3 is 2.32 bits per heavy atom. The molecule has 0 saturated carbocycles. The average Bonchev–Trinajstić information content (AvgIpc) is 2.35. The topological polar surface area (TPSA) is 41.5 Å². The van der Waals surface area contributed by atoms with Crippen molar-refractivity contribution in [2.45, 2.75) is 32.2 Å². The van der Waals surface area contributed by atoms with Gasteiger partial charge in [-0.25, -0.2) is 0 Å². The lowest BCUT2D eigenvalue weighted by atomic mass is 10.1. The number of hydrogen-bond donors (Lipinski definition) is 2. The summed E-state index contributed by atoms with van der Waals surface area (Å²) in [6.45, 7) is 4.02. The van der Waals surface area contributed by atoms with E-state index < -0.39 is 18.9 Å². The molecule has 19 heavy (non-hydrogen) atoms. The van der Waals surface area contributed by atoms with Gasteiger partial charge in [0.1, 0.15) is 12.4 Å². The van der Waals surface area contributed by atoms with Gasteiger partial charge in [0.05, 0.1) is 0 Å². The highest BCUT2D eigenvalue weighted by molar-refractivity contribution is 5.28. The van der Waals surface area contributed by atoms with E-state index in [1.807, 2.05) is 13.8 Å². The van der Waals surface area contributed by atoms with Crippen molar-refractivity contribution in [3.63, 3.8) is 0 Å². The molecule has 0 aliphatic heterocycles. The molecule has 6 heteroatoms. The fourth-order valence-electron chi connectivity index (χ4n) is 1.55. The lowest BCUT2D eigenvalue weighted by Gasteiger charge is -2.16. The third-order valence-electron chi connectivity index (χ3n) is 2.68. The molecule has 0 aliphatic carbocycles. The molecule has 2 unspecified atom stereocenters. The lowest BCUT2D eigenvalue weighted by molar-refractivity contribution is -0.210. The van der Waals surface area contributed by atoms with Crippen LogP contribution in [0, 0.1) is 0 Å². The molecule has 0 aromatic heterocycles. The number of aliphatic hydroxyl groups excluding tert-OH is 1. The molecular weight excluding hydrogens is 259 g/mol. The quantitative estimate of drug-likeness (QED) is 0.840. The van der Waals surface area contributed by atoms with Crippen LogP contribution in [0.2, 0.25) is 0 Å². The number of rotatable bonds is 6. The Balaban J connectivity index is 2.53. The van der Waals surface area contributed by atoms with Gasteiger partial charge in [-0.1, -0.05) is 19.1 Å². The maximum absolute atomic E-state index is 12.1. The molecule has 0 heterocycles. The SMILES string of the molecule is CCNC(C)c1ccc(OCC(O)C(F)(F)F)cc1. The molecule has 0 bridgehead atoms. The summed E-state index contributed by atoms with van der Waals surface area (Å²) >= 11 is 0. The van der Waals surface area contributed by atoms with E-state index in [9.17, 15) is 13.2 Å². The molecule has 1 aromatic carbocycles. The predicted octanol–water partition coefficient (Wildman–Crippen LogP) is 2.66. The summed E-state index contributed by atoms with van der Waals surface area (Å²) in [6, 6.07) is 6.91. The minimum Gasteiger partial charge on any atom is -0.491 e. The van der Waals surface area contributed by atoms with Crippen molar-refractivity contribution >= 4 is 0 Å². The molecule has 0 aliphatic rings. The number of benzene rings is 1. The van der Waals surface area contributed by atoms with Crippen LogP contribution in [0.5, 0.6) is 5.75 Å². The number of ether oxygens (including phenoxy) is 1. The van der Waals surface area contributed by atoms with E-state index in [-0.39, 0.29) is 6.04 Å². The zero-order valence-electron chi connectivity index (χ0n) is 10.9. The highest BCUT2D eigenvalue weighted by atomic mass is 19.4. The second kappa shape index (κ2) is 6.77. The molecule has 0 amide bonds. The van der Waals surface area contributed by atoms with Gasteiger partial charge >= 0.3 is 6.18 Å². The van der Waals surface area contributed by atoms with E-state index >= 15 is 0 Å². The zero-order chi connectivity index (χ0) is 14.5. The Hall–Kier alpha value is -1.27. The number of nitrogens with one attached hydrogen (secondary N) is 1. The smallest absolute Gasteiger partial charge is 0.417 e. The molecule has 0 spiro atoms. The maximum Gasteiger partial charge on any atom is 0.417 e. The van der Waals surface area contributed by atoms with Crippen LogP contribution in [0.4, 0.5) is 13.2 Å². The Labute approximate surface area is 110 Å². The average molecular weight is 277 g/mol. The Bertz CT molecular complexity index is 378. The Kier molecular flexibility index (Phi) is 5.62. The normalized spacial score (nSPS) is 15.1. The lowest BCUT2D eigenvalue weighted by Crippen LogP contribution is -2.34. The van der Waals surface area contributed by atoms with Crippen molar-refractivity contribution in [1.29, 1.82) is 0 Å². The highest BCUT2D eigenvalue weighted by Gasteiger charge is 2.38. The molecule has 3 nitrogen and oxygen atoms in total. The van der Waals surface area contributed by atoms with Crippen molar-refractivity contribution < 1.29 is 23.0 Å². The summed E-state index contributed by atoms with van der Waals surface area (Å²) < 4.78 is 41.1. The van der Waals surface area contributed by atoms with Gasteiger partial charge in [-0.05, 0) is 31.2 Å². The van der Waals surface area contributed by atoms with Crippen LogP contribution in [-0.4, -0.2) is 30.5 Å². The zero-order valence-corrected chi connectivity index (χ0v) is 10.9. The fraction of sp³-hybridized carbons (Fsp3) is 0.538. The van der Waals surface area contributed by atoms with E-state index in [2.05, 4.69) is 5.32 Å². The summed E-state index contributed by atoms with van der Waals surface area (Å²) in [5.41, 5.74) is 1.02. The summed E-state index contributed by atoms with van der Waals surface area (Å²) in [5.74, 6) is 0.302. The second-order valence-electron chi connectivity index (χ2n) is 4.22. The van der Waals surface area contributed by atoms with E-state index in [1.54, 1.807) is 24.3 Å². The molecule has 108 valence electrons. The first-order valence-electron chi connectivity index (χ1n) is 6.05. The van der Waals surface area contributed by atoms with Crippen LogP contribution in [0.3, 0.4) is 0 Å². The molecule has 1 aromatic rings. The number of hydrogen-bond acceptors (Lipinski definition) is 3. The maximum atomic E-state index is 12.1. The van der Waals surface area contributed by atoms with E-state index in [0.717, 1.165) is 12.1 Å². The third-order valence-corrected chi connectivity index (χ3v) is 2.68. The van der Waals surface area contributed by atoms with Crippen LogP contribution in [0.15, 0.2) is 24.3 Å².